The molecule has 0 aliphatic carbocycles. The summed E-state index contributed by atoms with van der Waals surface area (Å²) in [7, 11) is 0. The van der Waals surface area contributed by atoms with Crippen molar-refractivity contribution in [2.45, 2.75) is 18.9 Å². The number of aromatic carboxylic acids is 1. The van der Waals surface area contributed by atoms with Gasteiger partial charge in [0.15, 0.2) is 0 Å². The van der Waals surface area contributed by atoms with Crippen molar-refractivity contribution in [3.8, 4) is 0 Å². The Bertz CT molecular complexity index is 417. The van der Waals surface area contributed by atoms with Crippen molar-refractivity contribution >= 4 is 29.1 Å². The number of rotatable bonds is 3. The summed E-state index contributed by atoms with van der Waals surface area (Å²) in [5, 5.41) is 12.3. The second-order valence-electron chi connectivity index (χ2n) is 4.17. The third kappa shape index (κ3) is 3.06. The van der Waals surface area contributed by atoms with Gasteiger partial charge >= 0.3 is 5.97 Å². The van der Waals surface area contributed by atoms with E-state index in [9.17, 15) is 4.79 Å². The molecule has 1 aliphatic rings. The molecule has 17 heavy (non-hydrogen) atoms. The molecule has 92 valence electrons. The summed E-state index contributed by atoms with van der Waals surface area (Å²) in [5.74, 6) is 1.32. The fraction of sp³-hybridized carbons (Fsp3) is 0.417. The minimum atomic E-state index is -0.982. The van der Waals surface area contributed by atoms with E-state index in [1.54, 1.807) is 12.1 Å². The zero-order valence-corrected chi connectivity index (χ0v) is 10.3. The fourth-order valence-corrected chi connectivity index (χ4v) is 2.99. The lowest BCUT2D eigenvalue weighted by Crippen LogP contribution is -2.25. The molecule has 1 heterocycles. The summed E-state index contributed by atoms with van der Waals surface area (Å²) in [6.45, 7) is 0. The minimum absolute atomic E-state index is 0.165. The van der Waals surface area contributed by atoms with E-state index in [4.69, 9.17) is 10.8 Å². The molecule has 4 N–H and O–H groups in total. The third-order valence-electron chi connectivity index (χ3n) is 2.81. The van der Waals surface area contributed by atoms with Crippen molar-refractivity contribution in [3.63, 3.8) is 0 Å². The van der Waals surface area contributed by atoms with E-state index in [1.807, 2.05) is 17.8 Å². The zero-order chi connectivity index (χ0) is 12.3. The van der Waals surface area contributed by atoms with Gasteiger partial charge in [-0.15, -0.1) is 0 Å². The molecule has 0 saturated carbocycles. The number of hydrogen-bond donors (Lipinski definition) is 3. The highest BCUT2D eigenvalue weighted by molar-refractivity contribution is 7.99. The average molecular weight is 252 g/mol. The first kappa shape index (κ1) is 12.1. The fourth-order valence-electron chi connectivity index (χ4n) is 1.92. The van der Waals surface area contributed by atoms with Gasteiger partial charge in [0.1, 0.15) is 0 Å². The monoisotopic (exact) mass is 252 g/mol. The van der Waals surface area contributed by atoms with Gasteiger partial charge in [-0.2, -0.15) is 11.8 Å². The summed E-state index contributed by atoms with van der Waals surface area (Å²) in [6.07, 6.45) is 2.35. The van der Waals surface area contributed by atoms with Crippen LogP contribution in [0.4, 0.5) is 11.4 Å². The summed E-state index contributed by atoms with van der Waals surface area (Å²) in [6, 6.07) is 5.51. The van der Waals surface area contributed by atoms with Crippen LogP contribution in [0.2, 0.25) is 0 Å². The average Bonchev–Trinajstić information content (AvgIpc) is 2.32. The first-order valence-electron chi connectivity index (χ1n) is 5.64. The lowest BCUT2D eigenvalue weighted by atomic mass is 10.1. The van der Waals surface area contributed by atoms with E-state index in [1.165, 1.54) is 12.2 Å². The maximum atomic E-state index is 11.0. The molecule has 1 atom stereocenters. The zero-order valence-electron chi connectivity index (χ0n) is 9.48. The highest BCUT2D eigenvalue weighted by Crippen LogP contribution is 2.23. The summed E-state index contributed by atoms with van der Waals surface area (Å²) >= 11 is 1.93. The van der Waals surface area contributed by atoms with Crippen LogP contribution in [-0.2, 0) is 0 Å². The second kappa shape index (κ2) is 5.31. The molecule has 1 saturated heterocycles. The van der Waals surface area contributed by atoms with Crippen LogP contribution < -0.4 is 11.1 Å². The van der Waals surface area contributed by atoms with Crippen LogP contribution >= 0.6 is 11.8 Å². The normalized spacial score (nSPS) is 19.9. The highest BCUT2D eigenvalue weighted by atomic mass is 32.2. The van der Waals surface area contributed by atoms with Gasteiger partial charge < -0.3 is 16.2 Å². The Morgan fingerprint density at radius 3 is 3.00 bits per heavy atom. The maximum absolute atomic E-state index is 11.0. The van der Waals surface area contributed by atoms with Crippen molar-refractivity contribution < 1.29 is 9.90 Å². The summed E-state index contributed by atoms with van der Waals surface area (Å²) in [4.78, 5) is 11.0. The highest BCUT2D eigenvalue weighted by Gasteiger charge is 2.14. The molecule has 1 aromatic rings. The van der Waals surface area contributed by atoms with Gasteiger partial charge in [0.2, 0.25) is 0 Å². The van der Waals surface area contributed by atoms with Crippen molar-refractivity contribution in [2.75, 3.05) is 22.6 Å². The Labute approximate surface area is 105 Å². The second-order valence-corrected chi connectivity index (χ2v) is 5.32. The molecule has 5 heteroatoms. The van der Waals surface area contributed by atoms with Crippen LogP contribution in [-0.4, -0.2) is 28.6 Å². The number of carboxylic acids is 1. The predicted octanol–water partition coefficient (Wildman–Crippen LogP) is 2.27. The van der Waals surface area contributed by atoms with E-state index in [-0.39, 0.29) is 5.56 Å². The Morgan fingerprint density at radius 2 is 2.35 bits per heavy atom. The number of anilines is 2. The van der Waals surface area contributed by atoms with Crippen LogP contribution in [0, 0.1) is 0 Å². The first-order valence-corrected chi connectivity index (χ1v) is 6.79. The van der Waals surface area contributed by atoms with Crippen molar-refractivity contribution in [1.29, 1.82) is 0 Å². The molecule has 2 rings (SSSR count). The molecule has 0 amide bonds. The molecule has 4 nitrogen and oxygen atoms in total. The molecule has 0 spiro atoms. The first-order chi connectivity index (χ1) is 8.16. The Hall–Kier alpha value is -1.36. The van der Waals surface area contributed by atoms with E-state index in [0.29, 0.717) is 11.7 Å². The number of nitrogens with two attached hydrogens (primary N) is 1. The topological polar surface area (TPSA) is 75.3 Å². The van der Waals surface area contributed by atoms with Gasteiger partial charge in [0.05, 0.1) is 5.56 Å². The van der Waals surface area contributed by atoms with Crippen LogP contribution in [0.1, 0.15) is 23.2 Å². The molecule has 1 aliphatic heterocycles. The molecule has 1 aromatic carbocycles. The van der Waals surface area contributed by atoms with Crippen LogP contribution in [0.3, 0.4) is 0 Å². The molecule has 0 aromatic heterocycles. The SMILES string of the molecule is Nc1ccc(NC2CCCSC2)cc1C(=O)O. The van der Waals surface area contributed by atoms with E-state index in [0.717, 1.165) is 17.9 Å². The predicted molar refractivity (Wildman–Crippen MR) is 71.8 cm³/mol. The Balaban J connectivity index is 2.10. The van der Waals surface area contributed by atoms with Gasteiger partial charge in [-0.05, 0) is 36.8 Å². The van der Waals surface area contributed by atoms with Gasteiger partial charge in [-0.25, -0.2) is 4.79 Å². The Kier molecular flexibility index (Phi) is 3.78. The Morgan fingerprint density at radius 1 is 1.53 bits per heavy atom. The summed E-state index contributed by atoms with van der Waals surface area (Å²) in [5.41, 5.74) is 6.92. The molecule has 0 radical (unpaired) electrons. The van der Waals surface area contributed by atoms with Gasteiger partial charge in [0, 0.05) is 23.2 Å². The number of carbonyl (C=O) groups is 1. The quantitative estimate of drug-likeness (QED) is 0.719. The number of thioether (sulfide) groups is 1. The van der Waals surface area contributed by atoms with Crippen LogP contribution in [0.25, 0.3) is 0 Å². The van der Waals surface area contributed by atoms with Crippen molar-refractivity contribution in [2.24, 2.45) is 0 Å². The number of carboxylic acid groups (broad SMARTS) is 1. The molecule has 1 unspecified atom stereocenters. The van der Waals surface area contributed by atoms with Crippen LogP contribution in [0.15, 0.2) is 18.2 Å². The van der Waals surface area contributed by atoms with Gasteiger partial charge in [-0.3, -0.25) is 0 Å². The van der Waals surface area contributed by atoms with Gasteiger partial charge in [0.25, 0.3) is 0 Å². The van der Waals surface area contributed by atoms with Crippen LogP contribution in [0.5, 0.6) is 0 Å². The molecular formula is C12H16N2O2S. The smallest absolute Gasteiger partial charge is 0.337 e. The molecule has 1 fully saturated rings. The summed E-state index contributed by atoms with van der Waals surface area (Å²) < 4.78 is 0. The lowest BCUT2D eigenvalue weighted by molar-refractivity contribution is 0.0698. The standard InChI is InChI=1S/C12H16N2O2S/c13-11-4-3-8(6-10(11)12(15)16)14-9-2-1-5-17-7-9/h3-4,6,9,14H,1-2,5,7,13H2,(H,15,16). The largest absolute Gasteiger partial charge is 0.478 e. The lowest BCUT2D eigenvalue weighted by Gasteiger charge is -2.23. The van der Waals surface area contributed by atoms with Gasteiger partial charge in [-0.1, -0.05) is 0 Å². The molecular weight excluding hydrogens is 236 g/mol. The van der Waals surface area contributed by atoms with E-state index >= 15 is 0 Å². The third-order valence-corrected chi connectivity index (χ3v) is 4.03. The van der Waals surface area contributed by atoms with E-state index in [2.05, 4.69) is 5.32 Å². The number of nitrogens with one attached hydrogen (secondary N) is 1. The van der Waals surface area contributed by atoms with Crippen molar-refractivity contribution in [1.82, 2.24) is 0 Å². The number of hydrogen-bond acceptors (Lipinski definition) is 4. The minimum Gasteiger partial charge on any atom is -0.478 e. The van der Waals surface area contributed by atoms with Crippen molar-refractivity contribution in [3.05, 3.63) is 23.8 Å². The number of nitrogen functional groups attached to an aromatic ring is 1. The molecule has 0 bridgehead atoms. The maximum Gasteiger partial charge on any atom is 0.337 e. The number of benzene rings is 1. The van der Waals surface area contributed by atoms with E-state index < -0.39 is 5.97 Å².